The highest BCUT2D eigenvalue weighted by molar-refractivity contribution is 6.23. The summed E-state index contributed by atoms with van der Waals surface area (Å²) in [5.74, 6) is -2.38. The van der Waals surface area contributed by atoms with Crippen molar-refractivity contribution >= 4 is 23.5 Å². The van der Waals surface area contributed by atoms with E-state index < -0.39 is 17.9 Å². The lowest BCUT2D eigenvalue weighted by Gasteiger charge is -2.31. The van der Waals surface area contributed by atoms with Crippen LogP contribution in [0.2, 0.25) is 0 Å². The van der Waals surface area contributed by atoms with Gasteiger partial charge < -0.3 is 19.5 Å². The molecule has 1 aliphatic heterocycles. The van der Waals surface area contributed by atoms with Gasteiger partial charge in [0.15, 0.2) is 5.78 Å². The Balaban J connectivity index is 1.82. The summed E-state index contributed by atoms with van der Waals surface area (Å²) in [7, 11) is 0. The Morgan fingerprint density at radius 2 is 1.71 bits per heavy atom. The predicted octanol–water partition coefficient (Wildman–Crippen LogP) is 3.50. The molecular weight excluding hydrogens is 398 g/mol. The molecule has 1 atom stereocenters. The van der Waals surface area contributed by atoms with Crippen molar-refractivity contribution < 1.29 is 28.6 Å². The van der Waals surface area contributed by atoms with Crippen molar-refractivity contribution in [1.29, 1.82) is 0 Å². The first kappa shape index (κ1) is 21.2. The summed E-state index contributed by atoms with van der Waals surface area (Å²) in [4.78, 5) is 39.3. The molecule has 7 nitrogen and oxygen atoms in total. The van der Waals surface area contributed by atoms with Crippen LogP contribution in [0.4, 0.5) is 0 Å². The number of nitrogens with one attached hydrogen (secondary N) is 1. The van der Waals surface area contributed by atoms with E-state index in [1.807, 2.05) is 6.07 Å². The van der Waals surface area contributed by atoms with Crippen LogP contribution in [0.3, 0.4) is 0 Å². The Hall–Kier alpha value is -3.09. The van der Waals surface area contributed by atoms with Crippen LogP contribution in [0.25, 0.3) is 5.76 Å². The third kappa shape index (κ3) is 3.84. The summed E-state index contributed by atoms with van der Waals surface area (Å²) in [5.41, 5.74) is 1.20. The summed E-state index contributed by atoms with van der Waals surface area (Å²) in [6.07, 6.45) is 5.21. The Kier molecular flexibility index (Phi) is 6.11. The second kappa shape index (κ2) is 8.96. The van der Waals surface area contributed by atoms with Crippen LogP contribution in [0.15, 0.2) is 41.3 Å². The first-order chi connectivity index (χ1) is 15.1. The molecule has 0 saturated heterocycles. The molecule has 1 unspecified atom stereocenters. The summed E-state index contributed by atoms with van der Waals surface area (Å²) >= 11 is 0. The summed E-state index contributed by atoms with van der Waals surface area (Å²) in [6.45, 7) is 3.64. The van der Waals surface area contributed by atoms with E-state index in [0.29, 0.717) is 16.9 Å². The van der Waals surface area contributed by atoms with Crippen LogP contribution in [0.5, 0.6) is 0 Å². The Morgan fingerprint density at radius 1 is 1.03 bits per heavy atom. The average Bonchev–Trinajstić information content (AvgIpc) is 3.06. The van der Waals surface area contributed by atoms with Gasteiger partial charge in [-0.25, -0.2) is 4.79 Å². The molecule has 164 valence electrons. The number of rotatable bonds is 6. The molecule has 1 N–H and O–H groups in total. The molecule has 2 aliphatic carbocycles. The second-order valence-electron chi connectivity index (χ2n) is 7.85. The molecule has 7 heteroatoms. The lowest BCUT2D eigenvalue weighted by Crippen LogP contribution is -2.39. The van der Waals surface area contributed by atoms with E-state index in [1.54, 1.807) is 32.0 Å². The fraction of sp³-hybridized carbons (Fsp3) is 0.458. The predicted molar refractivity (Wildman–Crippen MR) is 113 cm³/mol. The van der Waals surface area contributed by atoms with Gasteiger partial charge in [-0.15, -0.1) is 0 Å². The number of carbonyl (C=O) groups is 3. The zero-order valence-electron chi connectivity index (χ0n) is 17.9. The van der Waals surface area contributed by atoms with Gasteiger partial charge in [0.25, 0.3) is 0 Å². The van der Waals surface area contributed by atoms with Gasteiger partial charge in [-0.3, -0.25) is 9.59 Å². The van der Waals surface area contributed by atoms with Gasteiger partial charge in [0.05, 0.1) is 18.8 Å². The van der Waals surface area contributed by atoms with Crippen LogP contribution < -0.4 is 5.32 Å². The van der Waals surface area contributed by atoms with Crippen molar-refractivity contribution in [3.05, 3.63) is 52.4 Å². The number of carbonyl (C=O) groups excluding carboxylic acids is 3. The number of Topliss-reactive ketones (excluding diaryl/α,β-unsaturated/α-hetero) is 1. The van der Waals surface area contributed by atoms with Crippen molar-refractivity contribution in [2.75, 3.05) is 13.2 Å². The zero-order chi connectivity index (χ0) is 22.0. The lowest BCUT2D eigenvalue weighted by atomic mass is 9.86. The third-order valence-electron chi connectivity index (χ3n) is 5.89. The van der Waals surface area contributed by atoms with E-state index >= 15 is 0 Å². The van der Waals surface area contributed by atoms with Gasteiger partial charge in [0, 0.05) is 17.2 Å². The van der Waals surface area contributed by atoms with Crippen LogP contribution in [0, 0.1) is 5.92 Å². The fourth-order valence-corrected chi connectivity index (χ4v) is 4.50. The maximum atomic E-state index is 13.2. The molecule has 0 aromatic heterocycles. The minimum absolute atomic E-state index is 0.00535. The maximum Gasteiger partial charge on any atom is 0.340 e. The Bertz CT molecular complexity index is 970. The van der Waals surface area contributed by atoms with E-state index in [0.717, 1.165) is 25.7 Å². The quantitative estimate of drug-likeness (QED) is 0.698. The maximum absolute atomic E-state index is 13.2. The number of ketones is 1. The topological polar surface area (TPSA) is 90.9 Å². The molecule has 1 saturated carbocycles. The first-order valence-corrected chi connectivity index (χ1v) is 11.0. The first-order valence-electron chi connectivity index (χ1n) is 11.0. The average molecular weight is 425 g/mol. The van der Waals surface area contributed by atoms with Gasteiger partial charge in [-0.1, -0.05) is 43.5 Å². The molecule has 0 radical (unpaired) electrons. The van der Waals surface area contributed by atoms with Crippen molar-refractivity contribution in [3.8, 4) is 0 Å². The molecule has 0 amide bonds. The minimum atomic E-state index is -1.20. The fourth-order valence-electron chi connectivity index (χ4n) is 4.50. The molecule has 1 aromatic carbocycles. The Morgan fingerprint density at radius 3 is 2.39 bits per heavy atom. The molecule has 1 heterocycles. The summed E-state index contributed by atoms with van der Waals surface area (Å²) < 4.78 is 16.7. The van der Waals surface area contributed by atoms with Crippen molar-refractivity contribution in [3.63, 3.8) is 0 Å². The molecule has 0 spiro atoms. The highest BCUT2D eigenvalue weighted by Gasteiger charge is 2.49. The normalized spacial score (nSPS) is 20.7. The van der Waals surface area contributed by atoms with Gasteiger partial charge in [0.2, 0.25) is 5.88 Å². The van der Waals surface area contributed by atoms with E-state index in [2.05, 4.69) is 5.32 Å². The monoisotopic (exact) mass is 425 g/mol. The highest BCUT2D eigenvalue weighted by Crippen LogP contribution is 2.45. The van der Waals surface area contributed by atoms with Crippen LogP contribution >= 0.6 is 0 Å². The van der Waals surface area contributed by atoms with Gasteiger partial charge in [-0.05, 0) is 26.7 Å². The number of hydrogen-bond acceptors (Lipinski definition) is 7. The van der Waals surface area contributed by atoms with E-state index in [-0.39, 0.29) is 42.1 Å². The molecule has 1 aromatic rings. The number of ether oxygens (including phenoxy) is 3. The van der Waals surface area contributed by atoms with Gasteiger partial charge in [-0.2, -0.15) is 0 Å². The summed E-state index contributed by atoms with van der Waals surface area (Å²) in [6, 6.07) is 7.16. The van der Waals surface area contributed by atoms with E-state index in [4.69, 9.17) is 14.2 Å². The van der Waals surface area contributed by atoms with Crippen LogP contribution in [-0.2, 0) is 23.8 Å². The SMILES string of the molecule is CCOC(=O)C1=C(NC2CCCCC2)OC2=C(C(=O)c3ccccc32)C1C(=O)OCC. The standard InChI is InChI=1S/C24H27NO6/c1-3-29-23(27)17-18-20(26)15-12-8-9-13-16(15)21(18)31-22(19(17)24(28)30-4-2)25-14-10-6-5-7-11-14/h8-9,12-14,17,25H,3-7,10-11H2,1-2H3. The minimum Gasteiger partial charge on any atom is -0.465 e. The Labute approximate surface area is 181 Å². The molecule has 4 rings (SSSR count). The zero-order valence-corrected chi connectivity index (χ0v) is 17.9. The van der Waals surface area contributed by atoms with Gasteiger partial charge in [0.1, 0.15) is 17.3 Å². The van der Waals surface area contributed by atoms with E-state index in [9.17, 15) is 14.4 Å². The highest BCUT2D eigenvalue weighted by atomic mass is 16.5. The molecule has 3 aliphatic rings. The smallest absolute Gasteiger partial charge is 0.340 e. The summed E-state index contributed by atoms with van der Waals surface area (Å²) in [5, 5.41) is 3.34. The number of hydrogen-bond donors (Lipinski definition) is 1. The van der Waals surface area contributed by atoms with Crippen LogP contribution in [-0.4, -0.2) is 37.0 Å². The van der Waals surface area contributed by atoms with Gasteiger partial charge >= 0.3 is 11.9 Å². The molecular formula is C24H27NO6. The molecule has 1 fully saturated rings. The third-order valence-corrected chi connectivity index (χ3v) is 5.89. The van der Waals surface area contributed by atoms with Crippen molar-refractivity contribution in [2.45, 2.75) is 52.0 Å². The molecule has 0 bridgehead atoms. The van der Waals surface area contributed by atoms with Crippen molar-refractivity contribution in [2.24, 2.45) is 5.92 Å². The second-order valence-corrected chi connectivity index (χ2v) is 7.85. The lowest BCUT2D eigenvalue weighted by molar-refractivity contribution is -0.149. The number of esters is 2. The van der Waals surface area contributed by atoms with E-state index in [1.165, 1.54) is 6.42 Å². The van der Waals surface area contributed by atoms with Crippen molar-refractivity contribution in [1.82, 2.24) is 5.32 Å². The largest absolute Gasteiger partial charge is 0.465 e. The number of benzene rings is 1. The number of fused-ring (bicyclic) bond motifs is 2. The molecule has 31 heavy (non-hydrogen) atoms. The van der Waals surface area contributed by atoms with Crippen LogP contribution in [0.1, 0.15) is 61.9 Å².